The van der Waals surface area contributed by atoms with Gasteiger partial charge in [0.1, 0.15) is 5.60 Å². The number of hydrogen-bond acceptors (Lipinski definition) is 4. The number of carbonyl (C=O) groups is 2. The van der Waals surface area contributed by atoms with Crippen LogP contribution in [0.25, 0.3) is 0 Å². The van der Waals surface area contributed by atoms with Crippen LogP contribution in [0.2, 0.25) is 0 Å². The molecule has 2 rings (SSSR count). The Labute approximate surface area is 112 Å². The highest BCUT2D eigenvalue weighted by Gasteiger charge is 2.54. The fourth-order valence-corrected chi connectivity index (χ4v) is 2.85. The molecule has 1 aliphatic carbocycles. The summed E-state index contributed by atoms with van der Waals surface area (Å²) in [5, 5.41) is 0. The van der Waals surface area contributed by atoms with E-state index >= 15 is 0 Å². The van der Waals surface area contributed by atoms with Gasteiger partial charge in [0.25, 0.3) is 0 Å². The molecule has 102 valence electrons. The highest BCUT2D eigenvalue weighted by molar-refractivity contribution is 5.95. The van der Waals surface area contributed by atoms with Crippen LogP contribution in [0, 0.1) is 5.41 Å². The Morgan fingerprint density at radius 3 is 2.47 bits per heavy atom. The molecule has 19 heavy (non-hydrogen) atoms. The minimum absolute atomic E-state index is 0.162. The topological polar surface area (TPSA) is 52.6 Å². The van der Waals surface area contributed by atoms with Crippen LogP contribution in [0.5, 0.6) is 0 Å². The number of allylic oxidation sites excluding steroid dienone is 3. The van der Waals surface area contributed by atoms with Gasteiger partial charge in [-0.15, -0.1) is 0 Å². The molecule has 2 aliphatic rings. The maximum atomic E-state index is 12.0. The van der Waals surface area contributed by atoms with E-state index in [2.05, 4.69) is 4.74 Å². The summed E-state index contributed by atoms with van der Waals surface area (Å²) < 4.78 is 10.5. The lowest BCUT2D eigenvalue weighted by atomic mass is 9.63. The average molecular weight is 262 g/mol. The predicted molar refractivity (Wildman–Crippen MR) is 70.0 cm³/mol. The van der Waals surface area contributed by atoms with Crippen molar-refractivity contribution in [3.05, 3.63) is 34.6 Å². The summed E-state index contributed by atoms with van der Waals surface area (Å²) in [4.78, 5) is 22.3. The first kappa shape index (κ1) is 13.6. The molecule has 0 saturated heterocycles. The number of ether oxygens (including phenoxy) is 2. The van der Waals surface area contributed by atoms with Crippen LogP contribution in [0.15, 0.2) is 34.6 Å². The van der Waals surface area contributed by atoms with E-state index in [0.717, 1.165) is 16.9 Å². The van der Waals surface area contributed by atoms with E-state index in [1.54, 1.807) is 6.08 Å². The molecule has 4 nitrogen and oxygen atoms in total. The van der Waals surface area contributed by atoms with Crippen LogP contribution in [-0.2, 0) is 19.1 Å². The van der Waals surface area contributed by atoms with Gasteiger partial charge in [0.15, 0.2) is 0 Å². The maximum absolute atomic E-state index is 12.0. The Kier molecular flexibility index (Phi) is 2.92. The van der Waals surface area contributed by atoms with Crippen molar-refractivity contribution >= 4 is 12.4 Å². The van der Waals surface area contributed by atoms with E-state index in [1.165, 1.54) is 0 Å². The third-order valence-electron chi connectivity index (χ3n) is 4.25. The first-order chi connectivity index (χ1) is 8.74. The summed E-state index contributed by atoms with van der Waals surface area (Å²) in [6.07, 6.45) is 3.77. The summed E-state index contributed by atoms with van der Waals surface area (Å²) in [6, 6.07) is 0. The Morgan fingerprint density at radius 2 is 1.89 bits per heavy atom. The maximum Gasteiger partial charge on any atom is 0.342 e. The second kappa shape index (κ2) is 4.08. The number of rotatable bonds is 2. The number of fused-ring (bicyclic) bond motifs is 1. The Balaban J connectivity index is 2.58. The van der Waals surface area contributed by atoms with Crippen molar-refractivity contribution in [3.63, 3.8) is 0 Å². The van der Waals surface area contributed by atoms with Crippen molar-refractivity contribution in [2.75, 3.05) is 0 Å². The van der Waals surface area contributed by atoms with Gasteiger partial charge < -0.3 is 9.47 Å². The van der Waals surface area contributed by atoms with Gasteiger partial charge in [-0.05, 0) is 38.5 Å². The first-order valence-electron chi connectivity index (χ1n) is 6.19. The lowest BCUT2D eigenvalue weighted by Crippen LogP contribution is -2.48. The van der Waals surface area contributed by atoms with Gasteiger partial charge in [-0.2, -0.15) is 0 Å². The molecule has 1 aliphatic heterocycles. The van der Waals surface area contributed by atoms with Crippen molar-refractivity contribution in [2.45, 2.75) is 40.2 Å². The lowest BCUT2D eigenvalue weighted by Gasteiger charge is -2.45. The molecule has 0 saturated carbocycles. The van der Waals surface area contributed by atoms with Crippen molar-refractivity contribution in [1.82, 2.24) is 0 Å². The Hall–Kier alpha value is -1.84. The van der Waals surface area contributed by atoms with Gasteiger partial charge in [-0.3, -0.25) is 4.79 Å². The van der Waals surface area contributed by atoms with E-state index in [4.69, 9.17) is 4.74 Å². The molecule has 1 unspecified atom stereocenters. The second-order valence-electron chi connectivity index (χ2n) is 5.67. The molecule has 1 atom stereocenters. The normalized spacial score (nSPS) is 28.1. The molecule has 0 spiro atoms. The highest BCUT2D eigenvalue weighted by atomic mass is 16.6. The molecule has 0 fully saturated rings. The first-order valence-corrected chi connectivity index (χ1v) is 6.19. The quantitative estimate of drug-likeness (QED) is 0.436. The average Bonchev–Trinajstić information content (AvgIpc) is 2.62. The minimum Gasteiger partial charge on any atom is -0.487 e. The fourth-order valence-electron chi connectivity index (χ4n) is 2.85. The second-order valence-corrected chi connectivity index (χ2v) is 5.67. The van der Waals surface area contributed by atoms with E-state index in [1.807, 2.05) is 40.7 Å². The molecule has 0 aromatic heterocycles. The zero-order valence-electron chi connectivity index (χ0n) is 11.9. The van der Waals surface area contributed by atoms with Crippen LogP contribution in [-0.4, -0.2) is 18.0 Å². The Morgan fingerprint density at radius 1 is 1.26 bits per heavy atom. The minimum atomic E-state index is -0.618. The number of esters is 1. The third kappa shape index (κ3) is 1.74. The molecule has 0 aromatic rings. The molecular formula is C15H18O4. The van der Waals surface area contributed by atoms with Crippen LogP contribution in [0.1, 0.15) is 34.6 Å². The van der Waals surface area contributed by atoms with Crippen LogP contribution >= 0.6 is 0 Å². The van der Waals surface area contributed by atoms with Crippen molar-refractivity contribution in [1.29, 1.82) is 0 Å². The zero-order chi connectivity index (χ0) is 14.4. The predicted octanol–water partition coefficient (Wildman–Crippen LogP) is 2.66. The standard InChI is InChI=1S/C15H18O4/c1-9-6-12(13(17)18-8-16)14(3,4)15(5)11(9)7-10(2)19-15/h6-8H,1-5H3. The van der Waals surface area contributed by atoms with Gasteiger partial charge in [0, 0.05) is 16.6 Å². The van der Waals surface area contributed by atoms with Crippen molar-refractivity contribution in [3.8, 4) is 0 Å². The Bertz CT molecular complexity index is 548. The molecule has 0 bridgehead atoms. The van der Waals surface area contributed by atoms with Crippen molar-refractivity contribution in [2.24, 2.45) is 5.41 Å². The summed E-state index contributed by atoms with van der Waals surface area (Å²) >= 11 is 0. The van der Waals surface area contributed by atoms with Crippen LogP contribution in [0.4, 0.5) is 0 Å². The smallest absolute Gasteiger partial charge is 0.342 e. The van der Waals surface area contributed by atoms with Gasteiger partial charge in [-0.25, -0.2) is 4.79 Å². The highest BCUT2D eigenvalue weighted by Crippen LogP contribution is 2.53. The van der Waals surface area contributed by atoms with Gasteiger partial charge in [-0.1, -0.05) is 13.8 Å². The van der Waals surface area contributed by atoms with E-state index < -0.39 is 17.0 Å². The van der Waals surface area contributed by atoms with Crippen molar-refractivity contribution < 1.29 is 19.1 Å². The largest absolute Gasteiger partial charge is 0.487 e. The molecule has 0 amide bonds. The van der Waals surface area contributed by atoms with Crippen LogP contribution < -0.4 is 0 Å². The third-order valence-corrected chi connectivity index (χ3v) is 4.25. The zero-order valence-corrected chi connectivity index (χ0v) is 11.9. The molecule has 0 N–H and O–H groups in total. The van der Waals surface area contributed by atoms with E-state index in [0.29, 0.717) is 5.57 Å². The molecule has 0 radical (unpaired) electrons. The lowest BCUT2D eigenvalue weighted by molar-refractivity contribution is -0.150. The SMILES string of the molecule is CC1=CC2=C(C)C=C(C(=O)OC=O)C(C)(C)C2(C)O1. The van der Waals surface area contributed by atoms with E-state index in [9.17, 15) is 9.59 Å². The summed E-state index contributed by atoms with van der Waals surface area (Å²) in [7, 11) is 0. The van der Waals surface area contributed by atoms with Gasteiger partial charge >= 0.3 is 12.4 Å². The fraction of sp³-hybridized carbons (Fsp3) is 0.467. The molecule has 1 heterocycles. The monoisotopic (exact) mass is 262 g/mol. The molecule has 4 heteroatoms. The van der Waals surface area contributed by atoms with Crippen LogP contribution in [0.3, 0.4) is 0 Å². The van der Waals surface area contributed by atoms with Gasteiger partial charge in [0.2, 0.25) is 0 Å². The molecular weight excluding hydrogens is 244 g/mol. The number of carbonyl (C=O) groups excluding carboxylic acids is 2. The molecule has 0 aromatic carbocycles. The summed E-state index contributed by atoms with van der Waals surface area (Å²) in [5.41, 5.74) is 1.27. The number of hydrogen-bond donors (Lipinski definition) is 0. The summed E-state index contributed by atoms with van der Waals surface area (Å²) in [6.45, 7) is 9.78. The summed E-state index contributed by atoms with van der Waals surface area (Å²) in [5.74, 6) is 0.205. The van der Waals surface area contributed by atoms with Gasteiger partial charge in [0.05, 0.1) is 5.76 Å². The van der Waals surface area contributed by atoms with E-state index in [-0.39, 0.29) is 6.47 Å².